The zero-order valence-corrected chi connectivity index (χ0v) is 15.4. The van der Waals surface area contributed by atoms with Crippen LogP contribution in [0.2, 0.25) is 0 Å². The van der Waals surface area contributed by atoms with Crippen molar-refractivity contribution in [1.82, 2.24) is 0 Å². The number of carbonyl (C=O) groups is 2. The first-order chi connectivity index (χ1) is 12.7. The number of allylic oxidation sites excluding steroid dienone is 2. The van der Waals surface area contributed by atoms with Gasteiger partial charge in [-0.05, 0) is 62.6 Å². The van der Waals surface area contributed by atoms with Gasteiger partial charge in [-0.25, -0.2) is 4.79 Å². The second-order valence-electron chi connectivity index (χ2n) is 7.16. The Kier molecular flexibility index (Phi) is 6.66. The van der Waals surface area contributed by atoms with E-state index in [0.29, 0.717) is 43.2 Å². The molecule has 0 radical (unpaired) electrons. The third-order valence-corrected chi connectivity index (χ3v) is 5.08. The summed E-state index contributed by atoms with van der Waals surface area (Å²) >= 11 is 0. The molecule has 0 unspecified atom stereocenters. The summed E-state index contributed by atoms with van der Waals surface area (Å²) in [6.07, 6.45) is 4.39. The largest absolute Gasteiger partial charge is 0.507 e. The summed E-state index contributed by atoms with van der Waals surface area (Å²) in [4.78, 5) is 21.9. The number of unbranched alkanes of at least 4 members (excludes halogenated alkanes) is 1. The fraction of sp³-hybridized carbons (Fsp3) is 0.429. The van der Waals surface area contributed by atoms with Crippen LogP contribution in [0, 0.1) is 5.92 Å². The molecule has 0 saturated heterocycles. The first kappa shape index (κ1) is 20.6. The summed E-state index contributed by atoms with van der Waals surface area (Å²) in [5.41, 5.74) is 2.17. The van der Waals surface area contributed by atoms with Gasteiger partial charge in [0.15, 0.2) is 0 Å². The van der Waals surface area contributed by atoms with Crippen LogP contribution in [0.25, 0.3) is 0 Å². The molecule has 1 aromatic rings. The predicted octanol–water partition coefficient (Wildman–Crippen LogP) is 3.98. The minimum absolute atomic E-state index is 0.0636. The number of phenolic OH excluding ortho intramolecular Hbond substituents is 2. The summed E-state index contributed by atoms with van der Waals surface area (Å²) < 4.78 is 0. The fourth-order valence-corrected chi connectivity index (χ4v) is 3.69. The Labute approximate surface area is 158 Å². The van der Waals surface area contributed by atoms with Crippen LogP contribution in [0.5, 0.6) is 11.5 Å². The van der Waals surface area contributed by atoms with Gasteiger partial charge in [-0.15, -0.1) is 0 Å². The minimum atomic E-state index is -0.991. The van der Waals surface area contributed by atoms with Gasteiger partial charge in [-0.2, -0.15) is 0 Å². The maximum atomic E-state index is 11.4. The highest BCUT2D eigenvalue weighted by Gasteiger charge is 2.32. The van der Waals surface area contributed by atoms with Crippen molar-refractivity contribution in [3.05, 3.63) is 47.1 Å². The number of hydrogen-bond donors (Lipinski definition) is 4. The molecule has 27 heavy (non-hydrogen) atoms. The third-order valence-electron chi connectivity index (χ3n) is 5.08. The second kappa shape index (κ2) is 8.75. The molecule has 0 saturated carbocycles. The number of benzene rings is 1. The van der Waals surface area contributed by atoms with Gasteiger partial charge in [-0.3, -0.25) is 4.79 Å². The molecule has 1 aliphatic carbocycles. The lowest BCUT2D eigenvalue weighted by atomic mass is 9.73. The molecule has 6 heteroatoms. The van der Waals surface area contributed by atoms with E-state index in [-0.39, 0.29) is 29.4 Å². The van der Waals surface area contributed by atoms with Gasteiger partial charge < -0.3 is 20.4 Å². The van der Waals surface area contributed by atoms with E-state index in [1.165, 1.54) is 0 Å². The van der Waals surface area contributed by atoms with Crippen LogP contribution in [0.4, 0.5) is 0 Å². The van der Waals surface area contributed by atoms with E-state index in [2.05, 4.69) is 6.58 Å². The van der Waals surface area contributed by atoms with E-state index >= 15 is 0 Å². The van der Waals surface area contributed by atoms with Gasteiger partial charge in [0.05, 0.1) is 0 Å². The van der Waals surface area contributed by atoms with Crippen molar-refractivity contribution in [1.29, 1.82) is 0 Å². The molecule has 1 aromatic carbocycles. The Hall–Kier alpha value is -2.76. The molecule has 0 bridgehead atoms. The van der Waals surface area contributed by atoms with E-state index in [4.69, 9.17) is 5.11 Å². The maximum absolute atomic E-state index is 11.4. The zero-order valence-electron chi connectivity index (χ0n) is 15.4. The monoisotopic (exact) mass is 374 g/mol. The van der Waals surface area contributed by atoms with Gasteiger partial charge in [-0.1, -0.05) is 18.2 Å². The molecule has 4 N–H and O–H groups in total. The third kappa shape index (κ3) is 5.12. The number of aliphatic carboxylic acids is 2. The molecule has 0 fully saturated rings. The van der Waals surface area contributed by atoms with Crippen LogP contribution < -0.4 is 0 Å². The summed E-state index contributed by atoms with van der Waals surface area (Å²) in [7, 11) is 0. The molecule has 0 amide bonds. The van der Waals surface area contributed by atoms with Crippen molar-refractivity contribution in [3.63, 3.8) is 0 Å². The van der Waals surface area contributed by atoms with Crippen molar-refractivity contribution in [3.8, 4) is 11.5 Å². The van der Waals surface area contributed by atoms with Crippen LogP contribution in [0.3, 0.4) is 0 Å². The molecule has 2 atom stereocenters. The summed E-state index contributed by atoms with van der Waals surface area (Å²) in [6, 6.07) is 3.13. The number of hydrogen-bond acceptors (Lipinski definition) is 4. The zero-order chi connectivity index (χ0) is 20.1. The molecule has 1 aliphatic rings. The molecule has 146 valence electrons. The lowest BCUT2D eigenvalue weighted by molar-refractivity contribution is -0.137. The molecule has 0 aromatic heterocycles. The Bertz CT molecular complexity index is 754. The van der Waals surface area contributed by atoms with Crippen LogP contribution in [0.1, 0.15) is 56.1 Å². The average molecular weight is 374 g/mol. The van der Waals surface area contributed by atoms with Crippen molar-refractivity contribution < 1.29 is 30.0 Å². The van der Waals surface area contributed by atoms with Crippen molar-refractivity contribution >= 4 is 11.9 Å². The Morgan fingerprint density at radius 1 is 1.15 bits per heavy atom. The predicted molar refractivity (Wildman–Crippen MR) is 101 cm³/mol. The number of carboxylic acid groups (broad SMARTS) is 2. The Balaban J connectivity index is 2.30. The standard InChI is InChI=1S/C21H26O6/c1-12(2)15-8-7-14(21(26)27)11-16(15)20-17(22)9-13(10-18(20)23)5-3-4-6-19(24)25/h9-11,15-16,22-23H,1,3-8H2,2H3,(H,24,25)(H,26,27)/t15-,16+/m1/s1. The minimum Gasteiger partial charge on any atom is -0.507 e. The average Bonchev–Trinajstić information content (AvgIpc) is 2.57. The van der Waals surface area contributed by atoms with Gasteiger partial charge >= 0.3 is 11.9 Å². The highest BCUT2D eigenvalue weighted by atomic mass is 16.4. The Morgan fingerprint density at radius 3 is 2.30 bits per heavy atom. The van der Waals surface area contributed by atoms with Crippen LogP contribution in [-0.2, 0) is 16.0 Å². The maximum Gasteiger partial charge on any atom is 0.331 e. The van der Waals surface area contributed by atoms with E-state index in [9.17, 15) is 24.9 Å². The smallest absolute Gasteiger partial charge is 0.331 e. The number of aryl methyl sites for hydroxylation is 1. The number of aromatic hydroxyl groups is 2. The van der Waals surface area contributed by atoms with E-state index in [0.717, 1.165) is 5.57 Å². The Morgan fingerprint density at radius 2 is 1.78 bits per heavy atom. The normalized spacial score (nSPS) is 19.4. The summed E-state index contributed by atoms with van der Waals surface area (Å²) in [5, 5.41) is 39.1. The quantitative estimate of drug-likeness (QED) is 0.404. The molecule has 2 rings (SSSR count). The van der Waals surface area contributed by atoms with Crippen LogP contribution in [-0.4, -0.2) is 32.4 Å². The van der Waals surface area contributed by atoms with Gasteiger partial charge in [0.25, 0.3) is 0 Å². The van der Waals surface area contributed by atoms with E-state index < -0.39 is 17.9 Å². The topological polar surface area (TPSA) is 115 Å². The molecular formula is C21H26O6. The number of carboxylic acids is 2. The first-order valence-electron chi connectivity index (χ1n) is 9.06. The molecule has 6 nitrogen and oxygen atoms in total. The summed E-state index contributed by atoms with van der Waals surface area (Å²) in [5.74, 6) is -2.52. The summed E-state index contributed by atoms with van der Waals surface area (Å²) in [6.45, 7) is 5.84. The molecule has 0 heterocycles. The van der Waals surface area contributed by atoms with Crippen molar-refractivity contribution in [2.24, 2.45) is 5.92 Å². The fourth-order valence-electron chi connectivity index (χ4n) is 3.69. The second-order valence-corrected chi connectivity index (χ2v) is 7.16. The van der Waals surface area contributed by atoms with E-state index in [1.54, 1.807) is 18.2 Å². The molecular weight excluding hydrogens is 348 g/mol. The molecule has 0 spiro atoms. The first-order valence-corrected chi connectivity index (χ1v) is 9.06. The SMILES string of the molecule is C=C(C)[C@H]1CCC(C(=O)O)=C[C@@H]1c1c(O)cc(CCCCC(=O)O)cc1O. The number of rotatable bonds is 8. The van der Waals surface area contributed by atoms with E-state index in [1.807, 2.05) is 6.92 Å². The van der Waals surface area contributed by atoms with Crippen molar-refractivity contribution in [2.45, 2.75) is 51.4 Å². The lowest BCUT2D eigenvalue weighted by Crippen LogP contribution is -2.20. The van der Waals surface area contributed by atoms with Gasteiger partial charge in [0, 0.05) is 23.5 Å². The van der Waals surface area contributed by atoms with Crippen molar-refractivity contribution in [2.75, 3.05) is 0 Å². The lowest BCUT2D eigenvalue weighted by Gasteiger charge is -2.31. The highest BCUT2D eigenvalue weighted by Crippen LogP contribution is 2.46. The highest BCUT2D eigenvalue weighted by molar-refractivity contribution is 5.87. The van der Waals surface area contributed by atoms with Gasteiger partial charge in [0.1, 0.15) is 11.5 Å². The molecule has 0 aliphatic heterocycles. The van der Waals surface area contributed by atoms with Crippen LogP contribution >= 0.6 is 0 Å². The van der Waals surface area contributed by atoms with Crippen LogP contribution in [0.15, 0.2) is 35.9 Å². The van der Waals surface area contributed by atoms with Gasteiger partial charge in [0.2, 0.25) is 0 Å². The number of phenols is 2.